The zero-order valence-electron chi connectivity index (χ0n) is 27.5. The van der Waals surface area contributed by atoms with Crippen molar-refractivity contribution in [3.05, 3.63) is 90.0 Å². The molecule has 1 nitrogen and oxygen atoms in total. The van der Waals surface area contributed by atoms with Gasteiger partial charge < -0.3 is 12.6 Å². The first-order valence-electron chi connectivity index (χ1n) is 15.0. The summed E-state index contributed by atoms with van der Waals surface area (Å²) in [6.07, 6.45) is 15.2. The Hall–Kier alpha value is -0.296. The normalized spacial score (nSPS) is 26.3. The minimum absolute atomic E-state index is 0. The molecule has 1 saturated carbocycles. The summed E-state index contributed by atoms with van der Waals surface area (Å²) in [5, 5.41) is 13.5. The van der Waals surface area contributed by atoms with E-state index in [0.717, 1.165) is 0 Å². The molecule has 0 aliphatic heterocycles. The van der Waals surface area contributed by atoms with Crippen LogP contribution >= 0.6 is 25.7 Å². The van der Waals surface area contributed by atoms with Crippen molar-refractivity contribution in [2.45, 2.75) is 93.4 Å². The Morgan fingerprint density at radius 1 is 0.732 bits per heavy atom. The summed E-state index contributed by atoms with van der Waals surface area (Å²) in [4.78, 5) is 0. The number of fused-ring (bicyclic) bond motifs is 3. The Morgan fingerprint density at radius 3 is 1.49 bits per heavy atom. The van der Waals surface area contributed by atoms with Crippen molar-refractivity contribution in [3.8, 4) is 0 Å². The molecule has 1 aromatic rings. The van der Waals surface area contributed by atoms with Gasteiger partial charge in [0.2, 0.25) is 0 Å². The van der Waals surface area contributed by atoms with Crippen molar-refractivity contribution in [1.82, 2.24) is 0 Å². The average Bonchev–Trinajstić information content (AvgIpc) is 3.20. The summed E-state index contributed by atoms with van der Waals surface area (Å²) in [7, 11) is 7.47. The zero-order valence-corrected chi connectivity index (χ0v) is 31.5. The van der Waals surface area contributed by atoms with Crippen molar-refractivity contribution in [2.75, 3.05) is 0 Å². The van der Waals surface area contributed by atoms with Crippen LogP contribution in [0.15, 0.2) is 71.9 Å². The van der Waals surface area contributed by atoms with E-state index in [-0.39, 0.29) is 29.6 Å². The van der Waals surface area contributed by atoms with Crippen LogP contribution in [-0.2, 0) is 17.0 Å². The van der Waals surface area contributed by atoms with Gasteiger partial charge in [0.25, 0.3) is 0 Å². The molecule has 5 unspecified atom stereocenters. The van der Waals surface area contributed by atoms with Crippen LogP contribution in [0.4, 0.5) is 0 Å². The molecule has 5 heteroatoms. The van der Waals surface area contributed by atoms with E-state index in [4.69, 9.17) is 18.6 Å². The fourth-order valence-electron chi connectivity index (χ4n) is 7.42. The third-order valence-corrected chi connectivity index (χ3v) is 14.0. The van der Waals surface area contributed by atoms with Crippen LogP contribution in [0.2, 0.25) is 0 Å². The number of rotatable bonds is 5. The van der Waals surface area contributed by atoms with Gasteiger partial charge >= 0.3 is 35.6 Å². The molecule has 228 valence electrons. The van der Waals surface area contributed by atoms with E-state index < -0.39 is 24.1 Å². The van der Waals surface area contributed by atoms with Crippen molar-refractivity contribution < 1.29 is 17.0 Å². The molecule has 0 radical (unpaired) electrons. The van der Waals surface area contributed by atoms with Crippen molar-refractivity contribution in [2.24, 2.45) is 40.4 Å². The Bertz CT molecular complexity index is 1150. The molecule has 0 heterocycles. The van der Waals surface area contributed by atoms with Crippen LogP contribution in [-0.4, -0.2) is 11.3 Å². The van der Waals surface area contributed by atoms with Crippen LogP contribution < -0.4 is 5.30 Å². The molecule has 0 saturated heterocycles. The van der Waals surface area contributed by atoms with Crippen molar-refractivity contribution >= 4 is 31.0 Å². The Kier molecular flexibility index (Phi) is 12.8. The Labute approximate surface area is 270 Å². The van der Waals surface area contributed by atoms with Crippen LogP contribution in [0.25, 0.3) is 5.16 Å². The van der Waals surface area contributed by atoms with Gasteiger partial charge in [-0.2, -0.15) is 7.05 Å². The van der Waals surface area contributed by atoms with Gasteiger partial charge in [0.05, 0.1) is 0 Å². The molecular formula is C36H54Cl2NPTi-2. The fraction of sp³-hybridized carbons (Fsp3) is 0.583. The van der Waals surface area contributed by atoms with Gasteiger partial charge in [0.15, 0.2) is 0 Å². The predicted molar refractivity (Wildman–Crippen MR) is 184 cm³/mol. The van der Waals surface area contributed by atoms with Gasteiger partial charge in [-0.3, -0.25) is 0 Å². The molecule has 0 spiro atoms. The van der Waals surface area contributed by atoms with Crippen molar-refractivity contribution in [1.29, 1.82) is 0 Å². The van der Waals surface area contributed by atoms with E-state index in [9.17, 15) is 5.16 Å². The van der Waals surface area contributed by atoms with Gasteiger partial charge in [-0.15, -0.1) is 0 Å². The molecule has 3 aliphatic rings. The van der Waals surface area contributed by atoms with E-state index >= 15 is 0 Å². The second-order valence-electron chi connectivity index (χ2n) is 14.7. The van der Waals surface area contributed by atoms with Crippen LogP contribution in [0, 0.1) is 47.8 Å². The third-order valence-electron chi connectivity index (χ3n) is 9.66. The van der Waals surface area contributed by atoms with E-state index in [0.29, 0.717) is 35.5 Å². The SMILES string of the molecule is CC(c1ccccc1P(=[N-])(C(C)C)C(C)C)C1C2C=C(C(C)(C)C)C=CC2C2C=CC(C(C)(C)C)=CC21.[CH3-].[Cl][Ti][Cl]. The Morgan fingerprint density at radius 2 is 1.12 bits per heavy atom. The Balaban J connectivity index is 0.00000141. The molecule has 1 aromatic carbocycles. The van der Waals surface area contributed by atoms with Gasteiger partial charge in [0.1, 0.15) is 0 Å². The summed E-state index contributed by atoms with van der Waals surface area (Å²) < 4.78 is 0. The third kappa shape index (κ3) is 7.51. The molecule has 0 N–H and O–H groups in total. The second kappa shape index (κ2) is 14.2. The number of hydrogen-bond acceptors (Lipinski definition) is 0. The predicted octanol–water partition coefficient (Wildman–Crippen LogP) is 12.0. The monoisotopic (exact) mass is 649 g/mol. The van der Waals surface area contributed by atoms with E-state index in [1.165, 1.54) is 22.0 Å². The number of benzene rings is 1. The topological polar surface area (TPSA) is 22.3 Å². The molecule has 5 atom stereocenters. The van der Waals surface area contributed by atoms with Gasteiger partial charge in [0, 0.05) is 0 Å². The molecular weight excluding hydrogens is 596 g/mol. The summed E-state index contributed by atoms with van der Waals surface area (Å²) in [5.74, 6) is 2.93. The van der Waals surface area contributed by atoms with Gasteiger partial charge in [-0.05, 0) is 79.7 Å². The first-order chi connectivity index (χ1) is 18.5. The number of hydrogen-bond donors (Lipinski definition) is 0. The van der Waals surface area contributed by atoms with E-state index in [2.05, 4.69) is 137 Å². The number of allylic oxidation sites excluding steroid dienone is 8. The van der Waals surface area contributed by atoms with Gasteiger partial charge in [-0.25, -0.2) is 0 Å². The average molecular weight is 651 g/mol. The summed E-state index contributed by atoms with van der Waals surface area (Å²) in [6.45, 7) is 25.4. The first kappa shape index (κ1) is 36.9. The second-order valence-corrected chi connectivity index (χ2v) is 21.3. The van der Waals surface area contributed by atoms with Crippen LogP contribution in [0.1, 0.15) is 87.6 Å². The molecule has 1 fully saturated rings. The van der Waals surface area contributed by atoms with Crippen molar-refractivity contribution in [3.63, 3.8) is 0 Å². The van der Waals surface area contributed by atoms with Crippen LogP contribution in [0.3, 0.4) is 0 Å². The summed E-state index contributed by atoms with van der Waals surface area (Å²) in [5.41, 5.74) is 5.10. The zero-order chi connectivity index (χ0) is 30.2. The minimum atomic E-state index is -2.31. The summed E-state index contributed by atoms with van der Waals surface area (Å²) >= 11 is -0.556. The van der Waals surface area contributed by atoms with Gasteiger partial charge in [-0.1, -0.05) is 137 Å². The molecule has 0 bridgehead atoms. The summed E-state index contributed by atoms with van der Waals surface area (Å²) in [6, 6.07) is 8.91. The first-order valence-corrected chi connectivity index (χ1v) is 21.2. The maximum atomic E-state index is 12.2. The van der Waals surface area contributed by atoms with E-state index in [1.54, 1.807) is 0 Å². The quantitative estimate of drug-likeness (QED) is 0.172. The van der Waals surface area contributed by atoms with Crippen LogP contribution in [0.5, 0.6) is 0 Å². The molecule has 0 amide bonds. The molecule has 3 aliphatic carbocycles. The fourth-order valence-corrected chi connectivity index (χ4v) is 10.7. The standard InChI is InChI=1S/C35H51NP.CH3.2ClH.Ti/c1-22(2)37(36,23(3)4)32-15-13-12-14-27(32)24(5)33-30-20-25(34(6,7)8)16-18-28(30)29-19-17-26(21-31(29)33)35(9,10)11;;;;/h12-24,28-31,33H,1-11H3;1H3;2*1H;/q2*-1;;;+2/p-2. The van der Waals surface area contributed by atoms with E-state index in [1.807, 2.05) is 0 Å². The molecule has 41 heavy (non-hydrogen) atoms. The number of halogens is 2. The maximum absolute atomic E-state index is 12.2. The molecule has 0 aromatic heterocycles. The number of nitrogens with zero attached hydrogens (tertiary/aromatic N) is 1. The molecule has 4 rings (SSSR count).